The quantitative estimate of drug-likeness (QED) is 0.666. The van der Waals surface area contributed by atoms with E-state index in [0.29, 0.717) is 5.92 Å². The summed E-state index contributed by atoms with van der Waals surface area (Å²) < 4.78 is 5.30. The smallest absolute Gasteiger partial charge is 0.0838 e. The Morgan fingerprint density at radius 2 is 2.36 bits per heavy atom. The molecule has 2 radical (unpaired) electrons. The maximum atomic E-state index is 8.90. The van der Waals surface area contributed by atoms with Crippen LogP contribution in [0.2, 0.25) is 0 Å². The number of ether oxygens (including phenoxy) is 1. The lowest BCUT2D eigenvalue weighted by molar-refractivity contribution is 0.0141. The van der Waals surface area contributed by atoms with E-state index in [1.54, 1.807) is 0 Å². The zero-order chi connectivity index (χ0) is 8.27. The van der Waals surface area contributed by atoms with E-state index in [1.165, 1.54) is 0 Å². The summed E-state index contributed by atoms with van der Waals surface area (Å²) in [7, 11) is 0. The molecule has 2 heteroatoms. The highest BCUT2D eigenvalue weighted by Gasteiger charge is 2.31. The second-order valence-electron chi connectivity index (χ2n) is 3.18. The normalized spacial score (nSPS) is 37.9. The first-order valence-corrected chi connectivity index (χ1v) is 4.29. The van der Waals surface area contributed by atoms with E-state index < -0.39 is 0 Å². The van der Waals surface area contributed by atoms with Crippen LogP contribution in [0.25, 0.3) is 0 Å². The van der Waals surface area contributed by atoms with Crippen LogP contribution in [0.5, 0.6) is 0 Å². The molecule has 0 aromatic heterocycles. The van der Waals surface area contributed by atoms with Gasteiger partial charge in [-0.3, -0.25) is 0 Å². The Morgan fingerprint density at radius 1 is 1.64 bits per heavy atom. The Morgan fingerprint density at radius 3 is 2.91 bits per heavy atom. The van der Waals surface area contributed by atoms with Crippen LogP contribution >= 0.6 is 0 Å². The maximum absolute atomic E-state index is 8.90. The topological polar surface area (TPSA) is 29.5 Å². The molecular formula is C9H16O2. The van der Waals surface area contributed by atoms with E-state index in [4.69, 9.17) is 16.8 Å². The molecule has 1 N–H and O–H groups in total. The maximum Gasteiger partial charge on any atom is 0.0838 e. The van der Waals surface area contributed by atoms with Crippen molar-refractivity contribution >= 4 is 0 Å². The van der Waals surface area contributed by atoms with Crippen molar-refractivity contribution in [1.82, 2.24) is 0 Å². The highest BCUT2D eigenvalue weighted by Crippen LogP contribution is 2.29. The van der Waals surface area contributed by atoms with Crippen molar-refractivity contribution in [2.75, 3.05) is 6.61 Å². The lowest BCUT2D eigenvalue weighted by Crippen LogP contribution is -2.20. The fourth-order valence-electron chi connectivity index (χ4n) is 1.71. The van der Waals surface area contributed by atoms with Crippen LogP contribution in [0.3, 0.4) is 0 Å². The summed E-state index contributed by atoms with van der Waals surface area (Å²) in [5.41, 5.74) is 0. The van der Waals surface area contributed by atoms with Gasteiger partial charge in [0.1, 0.15) is 0 Å². The molecule has 64 valence electrons. The van der Waals surface area contributed by atoms with Gasteiger partial charge in [-0.1, -0.05) is 13.3 Å². The lowest BCUT2D eigenvalue weighted by Gasteiger charge is -2.14. The van der Waals surface area contributed by atoms with E-state index >= 15 is 0 Å². The van der Waals surface area contributed by atoms with Gasteiger partial charge < -0.3 is 9.84 Å². The van der Waals surface area contributed by atoms with Gasteiger partial charge in [0, 0.05) is 0 Å². The molecule has 0 aliphatic carbocycles. The average Bonchev–Trinajstić information content (AvgIpc) is 2.32. The van der Waals surface area contributed by atoms with Crippen molar-refractivity contribution in [3.8, 4) is 0 Å². The first-order valence-electron chi connectivity index (χ1n) is 4.29. The molecule has 0 saturated carbocycles. The van der Waals surface area contributed by atoms with Crippen LogP contribution in [0, 0.1) is 12.8 Å². The molecule has 0 amide bonds. The molecule has 1 fully saturated rings. The second-order valence-corrected chi connectivity index (χ2v) is 3.18. The third-order valence-electron chi connectivity index (χ3n) is 2.25. The van der Waals surface area contributed by atoms with Gasteiger partial charge >= 0.3 is 0 Å². The fraction of sp³-hybridized carbons (Fsp3) is 0.889. The Labute approximate surface area is 68.6 Å². The third-order valence-corrected chi connectivity index (χ3v) is 2.25. The minimum atomic E-state index is -0.149. The fourth-order valence-corrected chi connectivity index (χ4v) is 1.71. The van der Waals surface area contributed by atoms with E-state index in [2.05, 4.69) is 6.92 Å². The van der Waals surface area contributed by atoms with E-state index in [9.17, 15) is 0 Å². The Bertz CT molecular complexity index is 114. The molecule has 1 heterocycles. The van der Waals surface area contributed by atoms with Crippen molar-refractivity contribution in [1.29, 1.82) is 0 Å². The molecule has 0 bridgehead atoms. The van der Waals surface area contributed by atoms with Crippen molar-refractivity contribution < 1.29 is 9.84 Å². The molecule has 1 saturated heterocycles. The number of hydrogen-bond acceptors (Lipinski definition) is 2. The summed E-state index contributed by atoms with van der Waals surface area (Å²) in [5, 5.41) is 8.90. The molecular weight excluding hydrogens is 140 g/mol. The monoisotopic (exact) mass is 156 g/mol. The van der Waals surface area contributed by atoms with Crippen LogP contribution in [-0.4, -0.2) is 23.9 Å². The minimum absolute atomic E-state index is 0.00931. The first kappa shape index (κ1) is 9.01. The molecule has 1 aliphatic rings. The number of hydrogen-bond donors (Lipinski definition) is 1. The highest BCUT2D eigenvalue weighted by atomic mass is 16.5. The van der Waals surface area contributed by atoms with Crippen LogP contribution < -0.4 is 0 Å². The predicted molar refractivity (Wildman–Crippen MR) is 43.1 cm³/mol. The van der Waals surface area contributed by atoms with Crippen LogP contribution in [0.15, 0.2) is 0 Å². The minimum Gasteiger partial charge on any atom is -0.394 e. The van der Waals surface area contributed by atoms with E-state index in [-0.39, 0.29) is 18.8 Å². The molecule has 2 nitrogen and oxygen atoms in total. The van der Waals surface area contributed by atoms with Gasteiger partial charge in [-0.25, -0.2) is 0 Å². The molecule has 11 heavy (non-hydrogen) atoms. The summed E-state index contributed by atoms with van der Waals surface area (Å²) in [6.07, 6.45) is 2.99. The molecule has 0 aromatic rings. The Hall–Kier alpha value is -0.0800. The lowest BCUT2D eigenvalue weighted by atomic mass is 9.95. The van der Waals surface area contributed by atoms with Gasteiger partial charge in [0.2, 0.25) is 0 Å². The van der Waals surface area contributed by atoms with Crippen molar-refractivity contribution in [3.05, 3.63) is 6.92 Å². The molecule has 3 atom stereocenters. The molecule has 0 aromatic carbocycles. The van der Waals surface area contributed by atoms with Gasteiger partial charge in [0.25, 0.3) is 0 Å². The van der Waals surface area contributed by atoms with Crippen molar-refractivity contribution in [2.24, 2.45) is 5.92 Å². The number of rotatable bonds is 3. The molecule has 1 unspecified atom stereocenters. The summed E-state index contributed by atoms with van der Waals surface area (Å²) in [6, 6.07) is 0. The predicted octanol–water partition coefficient (Wildman–Crippen LogP) is 1.26. The summed E-state index contributed by atoms with van der Waals surface area (Å²) in [5.74, 6) is 0.472. The van der Waals surface area contributed by atoms with Gasteiger partial charge in [-0.15, -0.1) is 0 Å². The zero-order valence-electron chi connectivity index (χ0n) is 6.99. The van der Waals surface area contributed by atoms with Crippen LogP contribution in [0.4, 0.5) is 0 Å². The zero-order valence-corrected chi connectivity index (χ0v) is 6.99. The van der Waals surface area contributed by atoms with Gasteiger partial charge in [-0.2, -0.15) is 0 Å². The molecule has 1 rings (SSSR count). The molecule has 1 aliphatic heterocycles. The second kappa shape index (κ2) is 4.07. The average molecular weight is 156 g/mol. The SMILES string of the molecule is [CH]C1C[C@@H](CCC)[C@@H](CO)O1. The van der Waals surface area contributed by atoms with Crippen molar-refractivity contribution in [3.63, 3.8) is 0 Å². The van der Waals surface area contributed by atoms with E-state index in [0.717, 1.165) is 19.3 Å². The third kappa shape index (κ3) is 2.17. The summed E-state index contributed by atoms with van der Waals surface area (Å²) in [6.45, 7) is 7.83. The summed E-state index contributed by atoms with van der Waals surface area (Å²) >= 11 is 0. The number of aliphatic hydroxyl groups excluding tert-OH is 1. The van der Waals surface area contributed by atoms with Gasteiger partial charge in [0.15, 0.2) is 0 Å². The molecule has 0 spiro atoms. The number of aliphatic hydroxyl groups is 1. The Kier molecular flexibility index (Phi) is 3.34. The standard InChI is InChI=1S/C9H16O2/c1-3-4-8-5-7(2)11-9(8)6-10/h2,7-10H,3-6H2,1H3/t7?,8-,9-/m1/s1. The Balaban J connectivity index is 2.37. The van der Waals surface area contributed by atoms with Crippen LogP contribution in [0.1, 0.15) is 26.2 Å². The highest BCUT2D eigenvalue weighted by molar-refractivity contribution is 4.82. The first-order chi connectivity index (χ1) is 5.27. The van der Waals surface area contributed by atoms with E-state index in [1.807, 2.05) is 0 Å². The van der Waals surface area contributed by atoms with Gasteiger partial charge in [0.05, 0.1) is 18.8 Å². The van der Waals surface area contributed by atoms with Crippen molar-refractivity contribution in [2.45, 2.75) is 38.4 Å². The van der Waals surface area contributed by atoms with Gasteiger partial charge in [-0.05, 0) is 25.7 Å². The van der Waals surface area contributed by atoms with Crippen LogP contribution in [-0.2, 0) is 4.74 Å². The largest absolute Gasteiger partial charge is 0.394 e. The summed E-state index contributed by atoms with van der Waals surface area (Å²) in [4.78, 5) is 0.